The zero-order valence-electron chi connectivity index (χ0n) is 12.0. The van der Waals surface area contributed by atoms with Crippen molar-refractivity contribution in [2.24, 2.45) is 0 Å². The van der Waals surface area contributed by atoms with Gasteiger partial charge in [-0.25, -0.2) is 4.39 Å². The quantitative estimate of drug-likeness (QED) is 0.743. The van der Waals surface area contributed by atoms with Gasteiger partial charge in [-0.05, 0) is 35.9 Å². The molecule has 0 saturated carbocycles. The van der Waals surface area contributed by atoms with Gasteiger partial charge in [-0.3, -0.25) is 9.59 Å². The highest BCUT2D eigenvalue weighted by atomic mass is 35.5. The van der Waals surface area contributed by atoms with Crippen LogP contribution in [0.1, 0.15) is 0 Å². The summed E-state index contributed by atoms with van der Waals surface area (Å²) in [5.41, 5.74) is 0.312. The van der Waals surface area contributed by atoms with Gasteiger partial charge in [0.15, 0.2) is 0 Å². The van der Waals surface area contributed by atoms with Crippen molar-refractivity contribution in [1.82, 2.24) is 0 Å². The van der Waals surface area contributed by atoms with Gasteiger partial charge in [0.1, 0.15) is 17.3 Å². The van der Waals surface area contributed by atoms with Crippen molar-refractivity contribution >= 4 is 23.0 Å². The molecule has 3 rings (SSSR count). The molecule has 116 valence electrons. The minimum Gasteiger partial charge on any atom is -0.497 e. The van der Waals surface area contributed by atoms with E-state index in [-0.39, 0.29) is 16.3 Å². The number of halogens is 2. The van der Waals surface area contributed by atoms with Crippen molar-refractivity contribution in [1.29, 1.82) is 0 Å². The van der Waals surface area contributed by atoms with Crippen LogP contribution in [0.4, 0.5) is 15.8 Å². The van der Waals surface area contributed by atoms with Crippen LogP contribution in [0, 0.1) is 5.82 Å². The summed E-state index contributed by atoms with van der Waals surface area (Å²) in [6.07, 6.45) is 0. The van der Waals surface area contributed by atoms with E-state index in [0.717, 1.165) is 0 Å². The van der Waals surface area contributed by atoms with E-state index in [1.54, 1.807) is 24.3 Å². The van der Waals surface area contributed by atoms with Crippen molar-refractivity contribution in [2.75, 3.05) is 12.4 Å². The first-order chi connectivity index (χ1) is 11.0. The molecular formula is C17H11ClFNO3. The monoisotopic (exact) mass is 331 g/mol. The third kappa shape index (κ3) is 2.71. The standard InChI is InChI=1S/C17H11ClFNO3/c1-23-11-5-2-9(3-6-11)14-15(17(22)16(14)21)20-10-4-7-13(19)12(18)8-10/h2-8,20H,1H3. The lowest BCUT2D eigenvalue weighted by molar-refractivity contribution is 0.415. The summed E-state index contributed by atoms with van der Waals surface area (Å²) in [5.74, 6) is 0.0878. The van der Waals surface area contributed by atoms with Crippen molar-refractivity contribution in [3.05, 3.63) is 73.8 Å². The minimum atomic E-state index is -0.615. The molecule has 0 unspecified atom stereocenters. The van der Waals surface area contributed by atoms with Gasteiger partial charge in [0, 0.05) is 5.69 Å². The van der Waals surface area contributed by atoms with Gasteiger partial charge in [0.25, 0.3) is 5.43 Å². The highest BCUT2D eigenvalue weighted by Gasteiger charge is 2.22. The fourth-order valence-electron chi connectivity index (χ4n) is 2.26. The molecule has 0 aliphatic heterocycles. The third-order valence-corrected chi connectivity index (χ3v) is 3.77. The Morgan fingerprint density at radius 1 is 1.04 bits per heavy atom. The van der Waals surface area contributed by atoms with Gasteiger partial charge >= 0.3 is 0 Å². The summed E-state index contributed by atoms with van der Waals surface area (Å²) in [5, 5.41) is 2.76. The van der Waals surface area contributed by atoms with Gasteiger partial charge in [-0.15, -0.1) is 0 Å². The average molecular weight is 332 g/mol. The van der Waals surface area contributed by atoms with Gasteiger partial charge in [0.2, 0.25) is 5.43 Å². The maximum absolute atomic E-state index is 13.2. The van der Waals surface area contributed by atoms with Crippen LogP contribution in [0.25, 0.3) is 11.1 Å². The van der Waals surface area contributed by atoms with Crippen molar-refractivity contribution in [2.45, 2.75) is 0 Å². The maximum Gasteiger partial charge on any atom is 0.250 e. The van der Waals surface area contributed by atoms with E-state index in [1.807, 2.05) is 0 Å². The molecule has 0 radical (unpaired) electrons. The first-order valence-corrected chi connectivity index (χ1v) is 7.09. The molecule has 0 atom stereocenters. The van der Waals surface area contributed by atoms with Crippen LogP contribution < -0.4 is 20.9 Å². The van der Waals surface area contributed by atoms with Crippen LogP contribution in [-0.4, -0.2) is 7.11 Å². The van der Waals surface area contributed by atoms with Crippen molar-refractivity contribution in [3.63, 3.8) is 0 Å². The molecule has 0 amide bonds. The van der Waals surface area contributed by atoms with E-state index in [4.69, 9.17) is 16.3 Å². The number of nitrogens with one attached hydrogen (secondary N) is 1. The highest BCUT2D eigenvalue weighted by molar-refractivity contribution is 6.31. The third-order valence-electron chi connectivity index (χ3n) is 3.48. The zero-order valence-corrected chi connectivity index (χ0v) is 12.8. The lowest BCUT2D eigenvalue weighted by Gasteiger charge is -2.14. The number of hydrogen-bond acceptors (Lipinski definition) is 4. The van der Waals surface area contributed by atoms with E-state index < -0.39 is 16.7 Å². The molecule has 0 bridgehead atoms. The molecule has 1 N–H and O–H groups in total. The Hall–Kier alpha value is -2.66. The van der Waals surface area contributed by atoms with Gasteiger partial charge in [0.05, 0.1) is 17.7 Å². The Balaban J connectivity index is 1.97. The number of rotatable bonds is 4. The normalized spacial score (nSPS) is 10.7. The second-order valence-corrected chi connectivity index (χ2v) is 5.30. The van der Waals surface area contributed by atoms with Crippen molar-refractivity contribution in [3.8, 4) is 16.9 Å². The van der Waals surface area contributed by atoms with E-state index in [0.29, 0.717) is 17.0 Å². The van der Waals surface area contributed by atoms with Crippen LogP contribution >= 0.6 is 11.6 Å². The lowest BCUT2D eigenvalue weighted by Crippen LogP contribution is -2.35. The first kappa shape index (κ1) is 15.2. The topological polar surface area (TPSA) is 55.4 Å². The molecule has 0 heterocycles. The Morgan fingerprint density at radius 2 is 1.74 bits per heavy atom. The molecule has 0 spiro atoms. The summed E-state index contributed by atoms with van der Waals surface area (Å²) >= 11 is 5.71. The second kappa shape index (κ2) is 5.85. The number of ether oxygens (including phenoxy) is 1. The zero-order chi connectivity index (χ0) is 16.6. The van der Waals surface area contributed by atoms with Crippen LogP contribution in [0.2, 0.25) is 5.02 Å². The largest absolute Gasteiger partial charge is 0.497 e. The predicted molar refractivity (Wildman–Crippen MR) is 88.0 cm³/mol. The Kier molecular flexibility index (Phi) is 3.88. The molecule has 3 aromatic rings. The summed E-state index contributed by atoms with van der Waals surface area (Å²) in [6, 6.07) is 10.8. The van der Waals surface area contributed by atoms with Gasteiger partial charge in [-0.2, -0.15) is 0 Å². The molecule has 6 heteroatoms. The van der Waals surface area contributed by atoms with E-state index in [1.165, 1.54) is 25.3 Å². The molecule has 0 saturated heterocycles. The predicted octanol–water partition coefficient (Wildman–Crippen LogP) is 3.49. The summed E-state index contributed by atoms with van der Waals surface area (Å²) in [7, 11) is 1.54. The molecule has 0 aliphatic rings. The van der Waals surface area contributed by atoms with E-state index >= 15 is 0 Å². The second-order valence-electron chi connectivity index (χ2n) is 4.89. The smallest absolute Gasteiger partial charge is 0.250 e. The molecule has 0 aromatic heterocycles. The molecule has 23 heavy (non-hydrogen) atoms. The fraction of sp³-hybridized carbons (Fsp3) is 0.0588. The summed E-state index contributed by atoms with van der Waals surface area (Å²) in [6.45, 7) is 0. The van der Waals surface area contributed by atoms with Gasteiger partial charge < -0.3 is 10.1 Å². The molecule has 3 aromatic carbocycles. The molecule has 0 aliphatic carbocycles. The maximum atomic E-state index is 13.2. The Labute approximate surface area is 135 Å². The Bertz CT molecular complexity index is 944. The number of methoxy groups -OCH3 is 1. The van der Waals surface area contributed by atoms with Crippen molar-refractivity contribution < 1.29 is 9.13 Å². The summed E-state index contributed by atoms with van der Waals surface area (Å²) in [4.78, 5) is 23.7. The van der Waals surface area contributed by atoms with Crippen LogP contribution in [0.3, 0.4) is 0 Å². The average Bonchev–Trinajstić information content (AvgIpc) is 2.57. The SMILES string of the molecule is COc1ccc(-c2c(Nc3ccc(F)c(Cl)c3)c(=O)c2=O)cc1. The van der Waals surface area contributed by atoms with Crippen LogP contribution in [-0.2, 0) is 0 Å². The number of benzene rings is 2. The highest BCUT2D eigenvalue weighted by Crippen LogP contribution is 2.29. The van der Waals surface area contributed by atoms with E-state index in [2.05, 4.69) is 5.32 Å². The number of hydrogen-bond donors (Lipinski definition) is 1. The summed E-state index contributed by atoms with van der Waals surface area (Å²) < 4.78 is 18.2. The van der Waals surface area contributed by atoms with Gasteiger partial charge in [-0.1, -0.05) is 23.7 Å². The molecular weight excluding hydrogens is 321 g/mol. The lowest BCUT2D eigenvalue weighted by atomic mass is 9.98. The fourth-order valence-corrected chi connectivity index (χ4v) is 2.44. The number of anilines is 2. The first-order valence-electron chi connectivity index (χ1n) is 6.71. The van der Waals surface area contributed by atoms with E-state index in [9.17, 15) is 14.0 Å². The van der Waals surface area contributed by atoms with Crippen LogP contribution in [0.15, 0.2) is 52.1 Å². The molecule has 4 nitrogen and oxygen atoms in total. The molecule has 0 fully saturated rings. The minimum absolute atomic E-state index is 0.0697. The van der Waals surface area contributed by atoms with Crippen LogP contribution in [0.5, 0.6) is 5.75 Å². The Morgan fingerprint density at radius 3 is 2.35 bits per heavy atom.